The van der Waals surface area contributed by atoms with Gasteiger partial charge >= 0.3 is 5.95 Å². The van der Waals surface area contributed by atoms with Gasteiger partial charge in [-0.15, -0.1) is 0 Å². The number of ether oxygens (including phenoxy) is 1. The van der Waals surface area contributed by atoms with Crippen LogP contribution in [0.15, 0.2) is 44.0 Å². The molecule has 0 spiro atoms. The van der Waals surface area contributed by atoms with E-state index in [1.807, 2.05) is 32.0 Å². The number of hydrogen-bond donors (Lipinski definition) is 0. The van der Waals surface area contributed by atoms with Crippen LogP contribution in [0.4, 0.5) is 0 Å². The molecule has 6 heteroatoms. The van der Waals surface area contributed by atoms with Crippen LogP contribution in [0.3, 0.4) is 0 Å². The molecule has 0 aliphatic heterocycles. The van der Waals surface area contributed by atoms with Crippen LogP contribution in [-0.2, 0) is 0 Å². The van der Waals surface area contributed by atoms with Gasteiger partial charge in [-0.05, 0) is 41.9 Å². The van der Waals surface area contributed by atoms with Gasteiger partial charge in [0.25, 0.3) is 0 Å². The second kappa shape index (κ2) is 5.73. The van der Waals surface area contributed by atoms with Crippen LogP contribution in [-0.4, -0.2) is 16.6 Å². The predicted molar refractivity (Wildman–Crippen MR) is 81.0 cm³/mol. The topological polar surface area (TPSA) is 61.3 Å². The Bertz CT molecular complexity index is 764. The number of halogens is 1. The van der Waals surface area contributed by atoms with Crippen molar-refractivity contribution in [2.24, 2.45) is 0 Å². The summed E-state index contributed by atoms with van der Waals surface area (Å²) in [6.45, 7) is 4.31. The molecule has 0 atom stereocenters. The third-order valence-electron chi connectivity index (χ3n) is 2.85. The van der Waals surface area contributed by atoms with Gasteiger partial charge in [0.15, 0.2) is 0 Å². The van der Waals surface area contributed by atoms with E-state index in [1.165, 1.54) is 0 Å². The van der Waals surface area contributed by atoms with E-state index in [9.17, 15) is 0 Å². The molecule has 0 aliphatic rings. The lowest BCUT2D eigenvalue weighted by molar-refractivity contribution is 0.260. The highest BCUT2D eigenvalue weighted by atomic mass is 79.9. The average Bonchev–Trinajstić information content (AvgIpc) is 3.09. The van der Waals surface area contributed by atoms with Crippen molar-refractivity contribution in [3.63, 3.8) is 0 Å². The second-order valence-electron chi connectivity index (χ2n) is 4.38. The van der Waals surface area contributed by atoms with Crippen molar-refractivity contribution in [2.75, 3.05) is 6.61 Å². The van der Waals surface area contributed by atoms with Crippen molar-refractivity contribution >= 4 is 15.9 Å². The molecule has 0 unspecified atom stereocenters. The fourth-order valence-electron chi connectivity index (χ4n) is 1.93. The van der Waals surface area contributed by atoms with Crippen LogP contribution in [0.25, 0.3) is 22.9 Å². The molecule has 5 nitrogen and oxygen atoms in total. The minimum Gasteiger partial charge on any atom is -0.464 e. The zero-order valence-corrected chi connectivity index (χ0v) is 13.2. The first-order valence-electron chi connectivity index (χ1n) is 6.49. The molecule has 0 radical (unpaired) electrons. The monoisotopic (exact) mass is 348 g/mol. The first kappa shape index (κ1) is 13.9. The lowest BCUT2D eigenvalue weighted by atomic mass is 10.1. The number of aryl methyl sites for hydroxylation is 1. The fraction of sp³-hybridized carbons (Fsp3) is 0.200. The van der Waals surface area contributed by atoms with E-state index in [4.69, 9.17) is 13.6 Å². The second-order valence-corrected chi connectivity index (χ2v) is 5.17. The molecule has 1 aromatic carbocycles. The minimum absolute atomic E-state index is 0.400. The van der Waals surface area contributed by atoms with E-state index < -0.39 is 0 Å². The first-order chi connectivity index (χ1) is 10.2. The first-order valence-corrected chi connectivity index (χ1v) is 7.28. The predicted octanol–water partition coefficient (Wildman–Crippen LogP) is 4.47. The number of oxazole rings is 2. The Hall–Kier alpha value is -2.08. The van der Waals surface area contributed by atoms with Gasteiger partial charge in [0.2, 0.25) is 11.8 Å². The van der Waals surface area contributed by atoms with Crippen molar-refractivity contribution in [2.45, 2.75) is 13.8 Å². The van der Waals surface area contributed by atoms with E-state index in [0.29, 0.717) is 24.3 Å². The summed E-state index contributed by atoms with van der Waals surface area (Å²) in [5.41, 5.74) is 2.49. The maximum atomic E-state index is 5.57. The van der Waals surface area contributed by atoms with Gasteiger partial charge in [-0.25, -0.2) is 9.97 Å². The summed E-state index contributed by atoms with van der Waals surface area (Å²) in [6, 6.07) is 5.73. The van der Waals surface area contributed by atoms with Gasteiger partial charge < -0.3 is 13.6 Å². The Kier molecular flexibility index (Phi) is 3.79. The number of aromatic nitrogens is 2. The number of rotatable bonds is 4. The van der Waals surface area contributed by atoms with Gasteiger partial charge in [-0.2, -0.15) is 0 Å². The van der Waals surface area contributed by atoms with Crippen LogP contribution in [0.2, 0.25) is 0 Å². The standard InChI is InChI=1S/C15H13BrN2O3/c1-3-19-12-7-17-14(21-12)10-5-4-6-11(13(10)16)15-18-9(2)8-20-15/h4-8H,3H2,1-2H3. The number of benzene rings is 1. The highest BCUT2D eigenvalue weighted by molar-refractivity contribution is 9.10. The molecule has 0 amide bonds. The smallest absolute Gasteiger partial charge is 0.305 e. The summed E-state index contributed by atoms with van der Waals surface area (Å²) in [7, 11) is 0. The van der Waals surface area contributed by atoms with Crippen molar-refractivity contribution in [1.82, 2.24) is 9.97 Å². The Morgan fingerprint density at radius 3 is 2.67 bits per heavy atom. The molecule has 0 saturated heterocycles. The van der Waals surface area contributed by atoms with Crippen molar-refractivity contribution in [1.29, 1.82) is 0 Å². The van der Waals surface area contributed by atoms with Gasteiger partial charge in [0, 0.05) is 4.47 Å². The van der Waals surface area contributed by atoms with Gasteiger partial charge in [0.1, 0.15) is 12.5 Å². The maximum absolute atomic E-state index is 5.57. The SMILES string of the molecule is CCOc1cnc(-c2cccc(-c3nc(C)co3)c2Br)o1. The van der Waals surface area contributed by atoms with Gasteiger partial charge in [0.05, 0.1) is 23.4 Å². The molecule has 108 valence electrons. The van der Waals surface area contributed by atoms with Crippen molar-refractivity contribution < 1.29 is 13.6 Å². The van der Waals surface area contributed by atoms with Gasteiger partial charge in [-0.3, -0.25) is 0 Å². The Labute approximate surface area is 130 Å². The lowest BCUT2D eigenvalue weighted by Crippen LogP contribution is -1.88. The molecule has 0 N–H and O–H groups in total. The summed E-state index contributed by atoms with van der Waals surface area (Å²) in [4.78, 5) is 8.57. The van der Waals surface area contributed by atoms with E-state index in [1.54, 1.807) is 12.5 Å². The van der Waals surface area contributed by atoms with Crippen LogP contribution in [0.5, 0.6) is 5.95 Å². The molecule has 3 rings (SSSR count). The largest absolute Gasteiger partial charge is 0.464 e. The summed E-state index contributed by atoms with van der Waals surface area (Å²) in [6.07, 6.45) is 3.18. The number of hydrogen-bond acceptors (Lipinski definition) is 5. The highest BCUT2D eigenvalue weighted by Gasteiger charge is 2.16. The quantitative estimate of drug-likeness (QED) is 0.696. The third kappa shape index (κ3) is 2.71. The zero-order valence-electron chi connectivity index (χ0n) is 11.6. The number of nitrogens with zero attached hydrogens (tertiary/aromatic N) is 2. The molecule has 0 bridgehead atoms. The molecule has 21 heavy (non-hydrogen) atoms. The van der Waals surface area contributed by atoms with E-state index in [-0.39, 0.29) is 0 Å². The highest BCUT2D eigenvalue weighted by Crippen LogP contribution is 2.36. The summed E-state index contributed by atoms with van der Waals surface area (Å²) in [5, 5.41) is 0. The third-order valence-corrected chi connectivity index (χ3v) is 3.70. The van der Waals surface area contributed by atoms with E-state index >= 15 is 0 Å². The summed E-state index contributed by atoms with van der Waals surface area (Å²) < 4.78 is 17.1. The normalized spacial score (nSPS) is 10.8. The molecular formula is C15H13BrN2O3. The Morgan fingerprint density at radius 2 is 2.00 bits per heavy atom. The molecule has 0 fully saturated rings. The van der Waals surface area contributed by atoms with Crippen molar-refractivity contribution in [3.8, 4) is 28.9 Å². The Morgan fingerprint density at radius 1 is 1.24 bits per heavy atom. The van der Waals surface area contributed by atoms with Crippen molar-refractivity contribution in [3.05, 3.63) is 40.8 Å². The van der Waals surface area contributed by atoms with Crippen LogP contribution in [0, 0.1) is 6.92 Å². The summed E-state index contributed by atoms with van der Waals surface area (Å²) >= 11 is 3.57. The molecule has 0 aliphatic carbocycles. The maximum Gasteiger partial charge on any atom is 0.305 e. The molecule has 3 aromatic rings. The minimum atomic E-state index is 0.400. The zero-order chi connectivity index (χ0) is 14.8. The Balaban J connectivity index is 2.03. The molecule has 2 heterocycles. The fourth-order valence-corrected chi connectivity index (χ4v) is 2.54. The van der Waals surface area contributed by atoms with E-state index in [2.05, 4.69) is 25.9 Å². The van der Waals surface area contributed by atoms with Crippen LogP contribution < -0.4 is 4.74 Å². The molecule has 2 aromatic heterocycles. The average molecular weight is 349 g/mol. The van der Waals surface area contributed by atoms with E-state index in [0.717, 1.165) is 21.3 Å². The summed E-state index contributed by atoms with van der Waals surface area (Å²) in [5.74, 6) is 1.44. The molecular weight excluding hydrogens is 336 g/mol. The van der Waals surface area contributed by atoms with Gasteiger partial charge in [-0.1, -0.05) is 6.07 Å². The lowest BCUT2D eigenvalue weighted by Gasteiger charge is -2.04. The van der Waals surface area contributed by atoms with Crippen LogP contribution >= 0.6 is 15.9 Å². The van der Waals surface area contributed by atoms with Crippen LogP contribution in [0.1, 0.15) is 12.6 Å². The molecule has 0 saturated carbocycles.